The van der Waals surface area contributed by atoms with Crippen molar-refractivity contribution in [3.63, 3.8) is 0 Å². The molecule has 1 aliphatic rings. The zero-order valence-corrected chi connectivity index (χ0v) is 31.5. The van der Waals surface area contributed by atoms with Crippen LogP contribution in [0.1, 0.15) is 259 Å². The standard InChI is InChI=1S/C44H84/c1-5-9-13-17-21-25-29-33-37-42-40-41(36-32-28-24-20-16-12-8-4)43(38-34-30-26-22-18-14-10-6-2)44(42)39-35-31-27-23-19-15-11-7-3/h5-40H2,1-4H3. The van der Waals surface area contributed by atoms with E-state index in [0.717, 1.165) is 0 Å². The van der Waals surface area contributed by atoms with E-state index in [1.54, 1.807) is 0 Å². The monoisotopic (exact) mass is 613 g/mol. The van der Waals surface area contributed by atoms with Gasteiger partial charge in [-0.3, -0.25) is 0 Å². The van der Waals surface area contributed by atoms with Crippen molar-refractivity contribution in [2.75, 3.05) is 0 Å². The van der Waals surface area contributed by atoms with Crippen LogP contribution in [0, 0.1) is 0 Å². The summed E-state index contributed by atoms with van der Waals surface area (Å²) in [5.74, 6) is 0. The van der Waals surface area contributed by atoms with Crippen LogP contribution in [0.2, 0.25) is 0 Å². The normalized spacial score (nSPS) is 13.6. The average molecular weight is 613 g/mol. The van der Waals surface area contributed by atoms with E-state index in [-0.39, 0.29) is 0 Å². The maximum absolute atomic E-state index is 2.34. The van der Waals surface area contributed by atoms with Crippen LogP contribution < -0.4 is 0 Å². The number of unbranched alkanes of at least 4 members (excludes halogenated alkanes) is 27. The van der Waals surface area contributed by atoms with Gasteiger partial charge in [-0.25, -0.2) is 0 Å². The van der Waals surface area contributed by atoms with Crippen LogP contribution in [0.25, 0.3) is 0 Å². The molecule has 260 valence electrons. The quantitative estimate of drug-likeness (QED) is 0.0624. The first kappa shape index (κ1) is 41.5. The van der Waals surface area contributed by atoms with Crippen molar-refractivity contribution in [2.24, 2.45) is 0 Å². The highest BCUT2D eigenvalue weighted by Crippen LogP contribution is 2.42. The molecular formula is C44H84. The third-order valence-electron chi connectivity index (χ3n) is 10.6. The lowest BCUT2D eigenvalue weighted by Crippen LogP contribution is -1.95. The van der Waals surface area contributed by atoms with Gasteiger partial charge in [-0.1, -0.05) is 212 Å². The third-order valence-corrected chi connectivity index (χ3v) is 10.6. The molecule has 0 unspecified atom stereocenters. The minimum absolute atomic E-state index is 1.37. The molecule has 0 aromatic rings. The summed E-state index contributed by atoms with van der Waals surface area (Å²) in [6.07, 6.45) is 51.7. The summed E-state index contributed by atoms with van der Waals surface area (Å²) in [5, 5.41) is 0. The van der Waals surface area contributed by atoms with E-state index in [1.165, 1.54) is 231 Å². The van der Waals surface area contributed by atoms with Gasteiger partial charge in [0.1, 0.15) is 0 Å². The van der Waals surface area contributed by atoms with Crippen LogP contribution in [0.4, 0.5) is 0 Å². The van der Waals surface area contributed by atoms with Crippen molar-refractivity contribution in [3.05, 3.63) is 22.3 Å². The van der Waals surface area contributed by atoms with Crippen molar-refractivity contribution >= 4 is 0 Å². The van der Waals surface area contributed by atoms with Gasteiger partial charge in [-0.15, -0.1) is 0 Å². The van der Waals surface area contributed by atoms with Gasteiger partial charge in [0.05, 0.1) is 0 Å². The average Bonchev–Trinajstić information content (AvgIpc) is 3.36. The van der Waals surface area contributed by atoms with Gasteiger partial charge in [0.15, 0.2) is 0 Å². The van der Waals surface area contributed by atoms with Crippen LogP contribution in [-0.4, -0.2) is 0 Å². The maximum Gasteiger partial charge on any atom is -0.00966 e. The van der Waals surface area contributed by atoms with Crippen LogP contribution in [0.3, 0.4) is 0 Å². The molecule has 0 aliphatic heterocycles. The Kier molecular flexibility index (Phi) is 30.6. The molecule has 0 saturated carbocycles. The van der Waals surface area contributed by atoms with E-state index in [2.05, 4.69) is 27.7 Å². The topological polar surface area (TPSA) is 0 Å². The maximum atomic E-state index is 2.34. The Balaban J connectivity index is 2.74. The van der Waals surface area contributed by atoms with Crippen LogP contribution >= 0.6 is 0 Å². The van der Waals surface area contributed by atoms with Gasteiger partial charge in [0, 0.05) is 0 Å². The van der Waals surface area contributed by atoms with Gasteiger partial charge >= 0.3 is 0 Å². The third kappa shape index (κ3) is 22.9. The highest BCUT2D eigenvalue weighted by atomic mass is 14.3. The zero-order chi connectivity index (χ0) is 31.8. The van der Waals surface area contributed by atoms with E-state index in [9.17, 15) is 0 Å². The molecule has 0 nitrogen and oxygen atoms in total. The molecular weight excluding hydrogens is 528 g/mol. The fourth-order valence-corrected chi connectivity index (χ4v) is 7.67. The van der Waals surface area contributed by atoms with E-state index in [4.69, 9.17) is 0 Å². The van der Waals surface area contributed by atoms with Crippen molar-refractivity contribution in [1.29, 1.82) is 0 Å². The van der Waals surface area contributed by atoms with E-state index >= 15 is 0 Å². The van der Waals surface area contributed by atoms with E-state index in [1.807, 2.05) is 22.3 Å². The fourth-order valence-electron chi connectivity index (χ4n) is 7.67. The molecule has 0 aromatic heterocycles. The molecule has 0 bridgehead atoms. The number of hydrogen-bond acceptors (Lipinski definition) is 0. The Hall–Kier alpha value is -0.520. The molecule has 0 radical (unpaired) electrons. The SMILES string of the molecule is CCCCCCCCCCC1=C(CCCCCCCCCC)C(CCCCCCCCCC)=C(CCCCCCCCC)C1. The smallest absolute Gasteiger partial charge is 0.00966 e. The minimum Gasteiger partial charge on any atom is -0.0654 e. The van der Waals surface area contributed by atoms with Crippen molar-refractivity contribution in [3.8, 4) is 0 Å². The number of rotatable bonds is 35. The van der Waals surface area contributed by atoms with E-state index in [0.29, 0.717) is 0 Å². The fraction of sp³-hybridized carbons (Fsp3) is 0.909. The first-order valence-corrected chi connectivity index (χ1v) is 21.2. The molecule has 0 fully saturated rings. The summed E-state index contributed by atoms with van der Waals surface area (Å²) in [7, 11) is 0. The molecule has 0 saturated heterocycles. The van der Waals surface area contributed by atoms with Gasteiger partial charge in [-0.2, -0.15) is 0 Å². The Morgan fingerprint density at radius 3 is 0.705 bits per heavy atom. The second-order valence-corrected chi connectivity index (χ2v) is 14.9. The van der Waals surface area contributed by atoms with Crippen molar-refractivity contribution in [1.82, 2.24) is 0 Å². The van der Waals surface area contributed by atoms with E-state index < -0.39 is 0 Å². The van der Waals surface area contributed by atoms with Gasteiger partial charge in [-0.05, 0) is 68.9 Å². The van der Waals surface area contributed by atoms with Crippen LogP contribution in [0.5, 0.6) is 0 Å². The molecule has 0 spiro atoms. The first-order chi connectivity index (χ1) is 21.8. The lowest BCUT2D eigenvalue weighted by atomic mass is 9.91. The predicted octanol–water partition coefficient (Wildman–Crippen LogP) is 16.7. The molecule has 0 N–H and O–H groups in total. The second kappa shape index (κ2) is 32.4. The Morgan fingerprint density at radius 1 is 0.250 bits per heavy atom. The van der Waals surface area contributed by atoms with Crippen molar-refractivity contribution < 1.29 is 0 Å². The molecule has 44 heavy (non-hydrogen) atoms. The highest BCUT2D eigenvalue weighted by Gasteiger charge is 2.23. The molecule has 1 aliphatic carbocycles. The molecule has 0 amide bonds. The number of hydrogen-bond donors (Lipinski definition) is 0. The summed E-state index contributed by atoms with van der Waals surface area (Å²) in [5.41, 5.74) is 7.62. The summed E-state index contributed by atoms with van der Waals surface area (Å²) in [6.45, 7) is 9.34. The number of allylic oxidation sites excluding steroid dienone is 4. The summed E-state index contributed by atoms with van der Waals surface area (Å²) in [4.78, 5) is 0. The molecule has 1 rings (SSSR count). The second-order valence-electron chi connectivity index (χ2n) is 14.9. The molecule has 0 aromatic carbocycles. The Bertz CT molecular complexity index is 664. The molecule has 0 atom stereocenters. The lowest BCUT2D eigenvalue weighted by Gasteiger charge is -2.14. The minimum atomic E-state index is 1.37. The summed E-state index contributed by atoms with van der Waals surface area (Å²) in [6, 6.07) is 0. The summed E-state index contributed by atoms with van der Waals surface area (Å²) < 4.78 is 0. The Morgan fingerprint density at radius 2 is 0.455 bits per heavy atom. The molecule has 0 heterocycles. The predicted molar refractivity (Wildman–Crippen MR) is 203 cm³/mol. The largest absolute Gasteiger partial charge is 0.0654 e. The van der Waals surface area contributed by atoms with Crippen LogP contribution in [-0.2, 0) is 0 Å². The Labute approximate surface area is 280 Å². The van der Waals surface area contributed by atoms with Gasteiger partial charge < -0.3 is 0 Å². The summed E-state index contributed by atoms with van der Waals surface area (Å²) >= 11 is 0. The molecule has 0 heteroatoms. The van der Waals surface area contributed by atoms with Crippen LogP contribution in [0.15, 0.2) is 22.3 Å². The lowest BCUT2D eigenvalue weighted by molar-refractivity contribution is 0.567. The first-order valence-electron chi connectivity index (χ1n) is 21.2. The van der Waals surface area contributed by atoms with Gasteiger partial charge in [0.25, 0.3) is 0 Å². The highest BCUT2D eigenvalue weighted by molar-refractivity contribution is 5.47. The van der Waals surface area contributed by atoms with Crippen molar-refractivity contribution in [2.45, 2.75) is 259 Å². The van der Waals surface area contributed by atoms with Gasteiger partial charge in [0.2, 0.25) is 0 Å². The zero-order valence-electron chi connectivity index (χ0n) is 31.5.